The second kappa shape index (κ2) is 12.3. The van der Waals surface area contributed by atoms with Crippen molar-refractivity contribution in [3.8, 4) is 56.0 Å². The van der Waals surface area contributed by atoms with Gasteiger partial charge in [-0.15, -0.1) is 0 Å². The Morgan fingerprint density at radius 1 is 0.333 bits per heavy atom. The van der Waals surface area contributed by atoms with E-state index < -0.39 is 5.41 Å². The average molecular weight is 763 g/mol. The molecule has 1 aliphatic heterocycles. The predicted octanol–water partition coefficient (Wildman–Crippen LogP) is 15.1. The Hall–Kier alpha value is -7.48. The Balaban J connectivity index is 1.01. The van der Waals surface area contributed by atoms with Crippen LogP contribution >= 0.6 is 0 Å². The predicted molar refractivity (Wildman–Crippen MR) is 247 cm³/mol. The third kappa shape index (κ3) is 4.31. The lowest BCUT2D eigenvalue weighted by Crippen LogP contribution is -2.29. The van der Waals surface area contributed by atoms with Gasteiger partial charge in [0.2, 0.25) is 0 Å². The van der Waals surface area contributed by atoms with Crippen LogP contribution in [0.1, 0.15) is 45.9 Å². The van der Waals surface area contributed by atoms with Crippen molar-refractivity contribution in [2.75, 3.05) is 0 Å². The van der Waals surface area contributed by atoms with Crippen LogP contribution in [0.4, 0.5) is 0 Å². The van der Waals surface area contributed by atoms with Crippen LogP contribution in [0.3, 0.4) is 0 Å². The van der Waals surface area contributed by atoms with Gasteiger partial charge in [0.25, 0.3) is 0 Å². The average Bonchev–Trinajstić information content (AvgIpc) is 3.79. The summed E-state index contributed by atoms with van der Waals surface area (Å²) in [5, 5.41) is 5.05. The maximum atomic E-state index is 6.61. The zero-order chi connectivity index (χ0) is 39.6. The molecule has 3 aliphatic rings. The molecule has 13 rings (SSSR count). The van der Waals surface area contributed by atoms with Crippen LogP contribution in [0.2, 0.25) is 0 Å². The van der Waals surface area contributed by atoms with Crippen molar-refractivity contribution in [1.29, 1.82) is 0 Å². The molecule has 1 heterocycles. The highest BCUT2D eigenvalue weighted by atomic mass is 16.5. The first-order chi connectivity index (χ1) is 29.6. The molecule has 10 aromatic rings. The van der Waals surface area contributed by atoms with Crippen molar-refractivity contribution < 1.29 is 4.74 Å². The van der Waals surface area contributed by atoms with Gasteiger partial charge >= 0.3 is 0 Å². The molecule has 0 N–H and O–H groups in total. The van der Waals surface area contributed by atoms with Gasteiger partial charge in [0, 0.05) is 16.5 Å². The fourth-order valence-corrected chi connectivity index (χ4v) is 11.4. The van der Waals surface area contributed by atoms with Crippen molar-refractivity contribution in [3.63, 3.8) is 0 Å². The van der Waals surface area contributed by atoms with Crippen LogP contribution in [0.5, 0.6) is 11.5 Å². The summed E-state index contributed by atoms with van der Waals surface area (Å²) in [6.07, 6.45) is 0. The standard InChI is InChI=1S/C59H38O/c1-58(40-16-3-2-4-17-40)51-25-13-14-26-55(51)60-56-34-29-39(36-54(56)58)42-32-31-41(44-19-7-8-20-45(42)44)38-27-30-47-46-21-9-11-23-49(46)59(53(47)35-38)50-24-12-10-22-48(50)57-43-18-6-5-15-37(43)28-33-52(57)59/h2-36H,1H3. The number of benzene rings is 10. The van der Waals surface area contributed by atoms with Crippen LogP contribution in [0, 0.1) is 0 Å². The lowest BCUT2D eigenvalue weighted by molar-refractivity contribution is 0.427. The maximum Gasteiger partial charge on any atom is 0.131 e. The molecule has 0 saturated heterocycles. The Labute approximate surface area is 349 Å². The highest BCUT2D eigenvalue weighted by molar-refractivity contribution is 6.08. The molecule has 0 amide bonds. The zero-order valence-electron chi connectivity index (χ0n) is 33.1. The topological polar surface area (TPSA) is 9.23 Å². The van der Waals surface area contributed by atoms with Crippen LogP contribution in [0.15, 0.2) is 212 Å². The van der Waals surface area contributed by atoms with Crippen LogP contribution in [-0.2, 0) is 10.8 Å². The van der Waals surface area contributed by atoms with Gasteiger partial charge in [-0.2, -0.15) is 0 Å². The van der Waals surface area contributed by atoms with E-state index in [0.29, 0.717) is 0 Å². The van der Waals surface area contributed by atoms with Gasteiger partial charge in [0.05, 0.1) is 5.41 Å². The first kappa shape index (κ1) is 33.5. The molecule has 0 saturated carbocycles. The second-order valence-corrected chi connectivity index (χ2v) is 16.8. The lowest BCUT2D eigenvalue weighted by Gasteiger charge is -2.38. The normalized spacial score (nSPS) is 17.7. The molecule has 2 atom stereocenters. The highest BCUT2D eigenvalue weighted by Crippen LogP contribution is 2.64. The third-order valence-corrected chi connectivity index (χ3v) is 14.0. The molecular formula is C59H38O. The lowest BCUT2D eigenvalue weighted by atomic mass is 9.69. The van der Waals surface area contributed by atoms with E-state index in [9.17, 15) is 0 Å². The monoisotopic (exact) mass is 762 g/mol. The van der Waals surface area contributed by atoms with Crippen molar-refractivity contribution in [1.82, 2.24) is 0 Å². The van der Waals surface area contributed by atoms with Gasteiger partial charge in [0.1, 0.15) is 11.5 Å². The second-order valence-electron chi connectivity index (χ2n) is 16.8. The molecule has 0 radical (unpaired) electrons. The molecule has 60 heavy (non-hydrogen) atoms. The first-order valence-electron chi connectivity index (χ1n) is 21.0. The van der Waals surface area contributed by atoms with E-state index in [1.807, 2.05) is 0 Å². The molecule has 2 aliphatic carbocycles. The number of fused-ring (bicyclic) bond motifs is 15. The number of hydrogen-bond acceptors (Lipinski definition) is 1. The first-order valence-corrected chi connectivity index (χ1v) is 21.0. The molecule has 280 valence electrons. The van der Waals surface area contributed by atoms with Crippen molar-refractivity contribution in [2.45, 2.75) is 17.8 Å². The molecule has 1 nitrogen and oxygen atoms in total. The smallest absolute Gasteiger partial charge is 0.131 e. The van der Waals surface area contributed by atoms with Gasteiger partial charge < -0.3 is 4.74 Å². The minimum absolute atomic E-state index is 0.390. The van der Waals surface area contributed by atoms with Crippen molar-refractivity contribution >= 4 is 21.5 Å². The van der Waals surface area contributed by atoms with E-state index in [4.69, 9.17) is 4.74 Å². The maximum absolute atomic E-state index is 6.61. The summed E-state index contributed by atoms with van der Waals surface area (Å²) < 4.78 is 6.61. The Morgan fingerprint density at radius 2 is 0.867 bits per heavy atom. The number of para-hydroxylation sites is 1. The molecule has 1 heteroatoms. The molecular weight excluding hydrogens is 725 g/mol. The van der Waals surface area contributed by atoms with E-state index in [0.717, 1.165) is 11.5 Å². The summed E-state index contributed by atoms with van der Waals surface area (Å²) in [5.41, 5.74) is 18.4. The third-order valence-electron chi connectivity index (χ3n) is 14.0. The fourth-order valence-electron chi connectivity index (χ4n) is 11.4. The van der Waals surface area contributed by atoms with Gasteiger partial charge in [-0.05, 0) is 125 Å². The largest absolute Gasteiger partial charge is 0.457 e. The summed E-state index contributed by atoms with van der Waals surface area (Å²) >= 11 is 0. The Morgan fingerprint density at radius 3 is 1.63 bits per heavy atom. The summed E-state index contributed by atoms with van der Waals surface area (Å²) in [4.78, 5) is 0. The molecule has 1 spiro atoms. The Bertz CT molecular complexity index is 3430. The summed E-state index contributed by atoms with van der Waals surface area (Å²) in [6, 6.07) is 78.8. The van der Waals surface area contributed by atoms with E-state index in [1.165, 1.54) is 105 Å². The number of rotatable bonds is 3. The van der Waals surface area contributed by atoms with Crippen LogP contribution < -0.4 is 4.74 Å². The molecule has 0 fully saturated rings. The van der Waals surface area contributed by atoms with E-state index in [-0.39, 0.29) is 5.41 Å². The minimum atomic E-state index is -0.428. The zero-order valence-corrected chi connectivity index (χ0v) is 33.1. The Kier molecular flexibility index (Phi) is 6.85. The highest BCUT2D eigenvalue weighted by Gasteiger charge is 2.52. The quantitative estimate of drug-likeness (QED) is 0.174. The van der Waals surface area contributed by atoms with Crippen LogP contribution in [-0.4, -0.2) is 0 Å². The van der Waals surface area contributed by atoms with E-state index >= 15 is 0 Å². The van der Waals surface area contributed by atoms with E-state index in [1.54, 1.807) is 0 Å². The fraction of sp³-hybridized carbons (Fsp3) is 0.0508. The molecule has 0 bridgehead atoms. The molecule has 2 unspecified atom stereocenters. The minimum Gasteiger partial charge on any atom is -0.457 e. The molecule has 0 aromatic heterocycles. The molecule has 10 aromatic carbocycles. The van der Waals surface area contributed by atoms with Gasteiger partial charge in [0.15, 0.2) is 0 Å². The van der Waals surface area contributed by atoms with Gasteiger partial charge in [-0.25, -0.2) is 0 Å². The van der Waals surface area contributed by atoms with Gasteiger partial charge in [-0.1, -0.05) is 188 Å². The summed E-state index contributed by atoms with van der Waals surface area (Å²) in [5.74, 6) is 1.82. The summed E-state index contributed by atoms with van der Waals surface area (Å²) in [6.45, 7) is 2.34. The van der Waals surface area contributed by atoms with Crippen molar-refractivity contribution in [3.05, 3.63) is 251 Å². The summed E-state index contributed by atoms with van der Waals surface area (Å²) in [7, 11) is 0. The van der Waals surface area contributed by atoms with E-state index in [2.05, 4.69) is 219 Å². The van der Waals surface area contributed by atoms with Crippen molar-refractivity contribution in [2.24, 2.45) is 0 Å². The van der Waals surface area contributed by atoms with Gasteiger partial charge in [-0.3, -0.25) is 0 Å². The SMILES string of the molecule is CC1(c2ccccc2)c2ccccc2Oc2ccc(-c3ccc(-c4ccc5c(c4)C4(c6ccccc6-5)c5ccccc5-c5c4ccc4ccccc54)c4ccccc34)cc21. The van der Waals surface area contributed by atoms with Crippen LogP contribution in [0.25, 0.3) is 66.1 Å². The number of hydrogen-bond donors (Lipinski definition) is 0. The number of ether oxygens (including phenoxy) is 1.